The fourth-order valence-corrected chi connectivity index (χ4v) is 4.20. The van der Waals surface area contributed by atoms with Crippen LogP contribution in [0.15, 0.2) is 58.6 Å². The molecule has 1 aliphatic heterocycles. The molecule has 0 spiro atoms. The Morgan fingerprint density at radius 2 is 1.96 bits per heavy atom. The van der Waals surface area contributed by atoms with E-state index in [1.165, 1.54) is 12.8 Å². The van der Waals surface area contributed by atoms with E-state index < -0.39 is 0 Å². The summed E-state index contributed by atoms with van der Waals surface area (Å²) in [6.07, 6.45) is 5.94. The van der Waals surface area contributed by atoms with Crippen LogP contribution in [0.1, 0.15) is 24.0 Å². The molecule has 1 aliphatic rings. The predicted molar refractivity (Wildman–Crippen MR) is 110 cm³/mol. The molecule has 3 heterocycles. The maximum Gasteiger partial charge on any atom is 0.152 e. The van der Waals surface area contributed by atoms with Crippen molar-refractivity contribution in [2.75, 3.05) is 18.0 Å². The Morgan fingerprint density at radius 3 is 2.68 bits per heavy atom. The van der Waals surface area contributed by atoms with Crippen LogP contribution in [0, 0.1) is 11.3 Å². The quantitative estimate of drug-likeness (QED) is 0.713. The highest BCUT2D eigenvalue weighted by Crippen LogP contribution is 2.36. The first-order valence-corrected chi connectivity index (χ1v) is 10.0. The van der Waals surface area contributed by atoms with Gasteiger partial charge in [-0.05, 0) is 42.7 Å². The minimum Gasteiger partial charge on any atom is -0.355 e. The minimum absolute atomic E-state index is 0.463. The molecule has 0 aliphatic carbocycles. The molecule has 1 saturated heterocycles. The molecule has 2 aromatic heterocycles. The van der Waals surface area contributed by atoms with Gasteiger partial charge >= 0.3 is 0 Å². The van der Waals surface area contributed by atoms with Crippen LogP contribution in [0.3, 0.4) is 0 Å². The second-order valence-electron chi connectivity index (χ2n) is 6.62. The van der Waals surface area contributed by atoms with E-state index in [9.17, 15) is 5.26 Å². The number of benzene rings is 1. The molecule has 1 aromatic carbocycles. The van der Waals surface area contributed by atoms with Crippen molar-refractivity contribution in [2.45, 2.75) is 29.2 Å². The van der Waals surface area contributed by atoms with Gasteiger partial charge in [-0.3, -0.25) is 4.98 Å². The van der Waals surface area contributed by atoms with Gasteiger partial charge in [-0.2, -0.15) is 10.4 Å². The van der Waals surface area contributed by atoms with Crippen LogP contribution in [-0.4, -0.2) is 28.3 Å². The largest absolute Gasteiger partial charge is 0.355 e. The normalized spacial score (nSPS) is 13.5. The lowest BCUT2D eigenvalue weighted by Gasteiger charge is -2.16. The monoisotopic (exact) mass is 388 g/mol. The minimum atomic E-state index is 0.463. The van der Waals surface area contributed by atoms with E-state index in [1.807, 2.05) is 30.3 Å². The molecule has 3 aromatic rings. The van der Waals surface area contributed by atoms with Crippen LogP contribution in [0.2, 0.25) is 0 Å². The number of anilines is 1. The summed E-state index contributed by atoms with van der Waals surface area (Å²) in [4.78, 5) is 8.76. The number of hydrogen-bond acceptors (Lipinski definition) is 7. The van der Waals surface area contributed by atoms with Crippen molar-refractivity contribution in [3.63, 3.8) is 0 Å². The van der Waals surface area contributed by atoms with Gasteiger partial charge in [-0.15, -0.1) is 5.10 Å². The van der Waals surface area contributed by atoms with Crippen LogP contribution in [0.25, 0.3) is 11.3 Å². The molecule has 0 atom stereocenters. The van der Waals surface area contributed by atoms with Crippen molar-refractivity contribution in [1.82, 2.24) is 15.2 Å². The summed E-state index contributed by atoms with van der Waals surface area (Å²) in [5.74, 6) is 0.908. The average Bonchev–Trinajstić information content (AvgIpc) is 3.29. The molecule has 0 amide bonds. The molecule has 6 nitrogen and oxygen atoms in total. The molecule has 0 bridgehead atoms. The van der Waals surface area contributed by atoms with Gasteiger partial charge in [-0.1, -0.05) is 23.9 Å². The number of pyridine rings is 1. The summed E-state index contributed by atoms with van der Waals surface area (Å²) in [7, 11) is 0. The van der Waals surface area contributed by atoms with Crippen molar-refractivity contribution in [2.24, 2.45) is 5.73 Å². The van der Waals surface area contributed by atoms with E-state index in [1.54, 1.807) is 24.2 Å². The standard InChI is InChI=1S/C21H20N6S/c22-11-15-3-5-18(19-6-4-16(12-23)13-24-19)20(9-15)28-17-10-21(26-25-14-17)27-7-1-2-8-27/h3-6,9-10,13-14H,1-2,7-8,12,23H2. The zero-order valence-corrected chi connectivity index (χ0v) is 16.2. The lowest BCUT2D eigenvalue weighted by atomic mass is 10.1. The number of nitriles is 1. The Hall–Kier alpha value is -2.95. The average molecular weight is 389 g/mol. The van der Waals surface area contributed by atoms with Crippen molar-refractivity contribution >= 4 is 17.6 Å². The topological polar surface area (TPSA) is 91.7 Å². The van der Waals surface area contributed by atoms with Gasteiger partial charge in [-0.25, -0.2) is 0 Å². The maximum absolute atomic E-state index is 9.33. The van der Waals surface area contributed by atoms with E-state index in [4.69, 9.17) is 5.73 Å². The molecular formula is C21H20N6S. The van der Waals surface area contributed by atoms with Crippen LogP contribution in [-0.2, 0) is 6.54 Å². The van der Waals surface area contributed by atoms with Gasteiger partial charge in [0.2, 0.25) is 0 Å². The van der Waals surface area contributed by atoms with Crippen molar-refractivity contribution < 1.29 is 0 Å². The number of aromatic nitrogens is 3. The van der Waals surface area contributed by atoms with Crippen LogP contribution in [0.5, 0.6) is 0 Å². The first-order chi connectivity index (χ1) is 13.8. The maximum atomic E-state index is 9.33. The summed E-state index contributed by atoms with van der Waals surface area (Å²) in [6.45, 7) is 2.51. The molecule has 140 valence electrons. The first-order valence-electron chi connectivity index (χ1n) is 9.22. The van der Waals surface area contributed by atoms with Crippen molar-refractivity contribution in [3.8, 4) is 17.3 Å². The molecule has 0 saturated carbocycles. The summed E-state index contributed by atoms with van der Waals surface area (Å²) in [6, 6.07) is 13.9. The second kappa shape index (κ2) is 8.38. The Balaban J connectivity index is 1.68. The Labute approximate surface area is 168 Å². The highest BCUT2D eigenvalue weighted by atomic mass is 32.2. The second-order valence-corrected chi connectivity index (χ2v) is 7.74. The van der Waals surface area contributed by atoms with Crippen LogP contribution < -0.4 is 10.6 Å². The zero-order valence-electron chi connectivity index (χ0n) is 15.4. The summed E-state index contributed by atoms with van der Waals surface area (Å²) >= 11 is 1.58. The lowest BCUT2D eigenvalue weighted by molar-refractivity contribution is 0.880. The molecule has 0 unspecified atom stereocenters. The van der Waals surface area contributed by atoms with Gasteiger partial charge in [0, 0.05) is 41.2 Å². The lowest BCUT2D eigenvalue weighted by Crippen LogP contribution is -2.19. The number of nitrogens with zero attached hydrogens (tertiary/aromatic N) is 5. The van der Waals surface area contributed by atoms with Gasteiger partial charge in [0.25, 0.3) is 0 Å². The molecule has 2 N–H and O–H groups in total. The molecule has 4 rings (SSSR count). The van der Waals surface area contributed by atoms with Crippen molar-refractivity contribution in [1.29, 1.82) is 5.26 Å². The summed E-state index contributed by atoms with van der Waals surface area (Å²) in [5.41, 5.74) is 9.11. The molecule has 1 fully saturated rings. The highest BCUT2D eigenvalue weighted by molar-refractivity contribution is 7.99. The van der Waals surface area contributed by atoms with Gasteiger partial charge in [0.05, 0.1) is 23.5 Å². The Kier molecular flexibility index (Phi) is 5.51. The Morgan fingerprint density at radius 1 is 1.11 bits per heavy atom. The zero-order chi connectivity index (χ0) is 19.3. The van der Waals surface area contributed by atoms with Gasteiger partial charge < -0.3 is 10.6 Å². The van der Waals surface area contributed by atoms with Gasteiger partial charge in [0.15, 0.2) is 5.82 Å². The fraction of sp³-hybridized carbons (Fsp3) is 0.238. The van der Waals surface area contributed by atoms with Crippen LogP contribution in [0.4, 0.5) is 5.82 Å². The number of hydrogen-bond donors (Lipinski definition) is 1. The third kappa shape index (κ3) is 3.98. The Bertz CT molecular complexity index is 1010. The van der Waals surface area contributed by atoms with E-state index >= 15 is 0 Å². The molecule has 0 radical (unpaired) electrons. The smallest absolute Gasteiger partial charge is 0.152 e. The van der Waals surface area contributed by atoms with Crippen LogP contribution >= 0.6 is 11.8 Å². The van der Waals surface area contributed by atoms with Gasteiger partial charge in [0.1, 0.15) is 0 Å². The van der Waals surface area contributed by atoms with E-state index in [-0.39, 0.29) is 0 Å². The third-order valence-corrected chi connectivity index (χ3v) is 5.74. The highest BCUT2D eigenvalue weighted by Gasteiger charge is 2.16. The predicted octanol–water partition coefficient (Wildman–Crippen LogP) is 3.62. The number of rotatable bonds is 5. The molecule has 7 heteroatoms. The van der Waals surface area contributed by atoms with Crippen molar-refractivity contribution in [3.05, 3.63) is 59.9 Å². The fourth-order valence-electron chi connectivity index (χ4n) is 3.21. The summed E-state index contributed by atoms with van der Waals surface area (Å²) in [5, 5.41) is 17.8. The SMILES string of the molecule is N#Cc1ccc(-c2ccc(CN)cn2)c(Sc2cnnc(N3CCCC3)c2)c1. The van der Waals surface area contributed by atoms with E-state index in [0.717, 1.165) is 45.5 Å². The number of nitrogens with two attached hydrogens (primary N) is 1. The first kappa shape index (κ1) is 18.4. The molecular weight excluding hydrogens is 368 g/mol. The summed E-state index contributed by atoms with van der Waals surface area (Å²) < 4.78 is 0. The molecule has 28 heavy (non-hydrogen) atoms. The third-order valence-electron chi connectivity index (χ3n) is 4.72. The van der Waals surface area contributed by atoms with E-state index in [0.29, 0.717) is 12.1 Å². The van der Waals surface area contributed by atoms with E-state index in [2.05, 4.69) is 32.2 Å².